The summed E-state index contributed by atoms with van der Waals surface area (Å²) < 4.78 is 25.3. The summed E-state index contributed by atoms with van der Waals surface area (Å²) in [6.07, 6.45) is 0. The van der Waals surface area contributed by atoms with Crippen molar-refractivity contribution in [1.29, 1.82) is 0 Å². The lowest BCUT2D eigenvalue weighted by Gasteiger charge is -2.25. The smallest absolute Gasteiger partial charge is 0.215 e. The van der Waals surface area contributed by atoms with Crippen molar-refractivity contribution in [3.63, 3.8) is 0 Å². The molecule has 1 saturated heterocycles. The Morgan fingerprint density at radius 1 is 1.33 bits per heavy atom. The third-order valence-corrected chi connectivity index (χ3v) is 5.09. The molecule has 1 aliphatic heterocycles. The average molecular weight is 252 g/mol. The van der Waals surface area contributed by atoms with Crippen molar-refractivity contribution in [1.82, 2.24) is 9.62 Å². The SMILES string of the molecule is CC(C)NCCS(=O)(=O)N1CCSCC1. The minimum absolute atomic E-state index is 0.218. The molecular formula is C9H20N2O2S2. The van der Waals surface area contributed by atoms with Gasteiger partial charge < -0.3 is 5.32 Å². The van der Waals surface area contributed by atoms with E-state index in [1.165, 1.54) is 0 Å². The number of hydrogen-bond acceptors (Lipinski definition) is 4. The minimum atomic E-state index is -3.02. The Kier molecular flexibility index (Phi) is 5.38. The standard InChI is InChI=1S/C9H20N2O2S2/c1-9(2)10-3-8-15(12,13)11-4-6-14-7-5-11/h9-10H,3-8H2,1-2H3. The van der Waals surface area contributed by atoms with Crippen LogP contribution in [0, 0.1) is 0 Å². The Morgan fingerprint density at radius 2 is 1.93 bits per heavy atom. The average Bonchev–Trinajstić information content (AvgIpc) is 2.18. The van der Waals surface area contributed by atoms with Gasteiger partial charge in [-0.25, -0.2) is 12.7 Å². The van der Waals surface area contributed by atoms with Gasteiger partial charge in [0.1, 0.15) is 0 Å². The van der Waals surface area contributed by atoms with Gasteiger partial charge in [-0.2, -0.15) is 11.8 Å². The molecule has 1 N–H and O–H groups in total. The van der Waals surface area contributed by atoms with Crippen LogP contribution in [0.3, 0.4) is 0 Å². The molecule has 0 aromatic carbocycles. The topological polar surface area (TPSA) is 49.4 Å². The summed E-state index contributed by atoms with van der Waals surface area (Å²) in [5, 5.41) is 3.13. The second kappa shape index (κ2) is 6.08. The summed E-state index contributed by atoms with van der Waals surface area (Å²) >= 11 is 1.82. The Labute approximate surface area is 96.8 Å². The summed E-state index contributed by atoms with van der Waals surface area (Å²) in [6.45, 7) is 5.93. The van der Waals surface area contributed by atoms with Crippen LogP contribution in [0.1, 0.15) is 13.8 Å². The molecule has 0 atom stereocenters. The van der Waals surface area contributed by atoms with Crippen molar-refractivity contribution in [2.75, 3.05) is 36.9 Å². The quantitative estimate of drug-likeness (QED) is 0.768. The summed E-state index contributed by atoms with van der Waals surface area (Å²) in [6, 6.07) is 0.345. The fraction of sp³-hybridized carbons (Fsp3) is 1.00. The molecule has 0 aliphatic carbocycles. The number of nitrogens with one attached hydrogen (secondary N) is 1. The predicted molar refractivity (Wildman–Crippen MR) is 65.8 cm³/mol. The molecule has 0 aromatic rings. The fourth-order valence-corrected chi connectivity index (χ4v) is 3.94. The molecule has 4 nitrogen and oxygen atoms in total. The first-order valence-corrected chi connectivity index (χ1v) is 8.08. The summed E-state index contributed by atoms with van der Waals surface area (Å²) in [5.74, 6) is 2.07. The minimum Gasteiger partial charge on any atom is -0.313 e. The number of hydrogen-bond donors (Lipinski definition) is 1. The van der Waals surface area contributed by atoms with Crippen LogP contribution in [0.15, 0.2) is 0 Å². The van der Waals surface area contributed by atoms with E-state index in [4.69, 9.17) is 0 Å². The molecule has 90 valence electrons. The highest BCUT2D eigenvalue weighted by Gasteiger charge is 2.23. The Balaban J connectivity index is 2.36. The van der Waals surface area contributed by atoms with Gasteiger partial charge in [0.15, 0.2) is 0 Å². The third kappa shape index (κ3) is 4.72. The van der Waals surface area contributed by atoms with Crippen LogP contribution >= 0.6 is 11.8 Å². The van der Waals surface area contributed by atoms with E-state index in [1.54, 1.807) is 4.31 Å². The monoisotopic (exact) mass is 252 g/mol. The maximum atomic E-state index is 11.8. The maximum absolute atomic E-state index is 11.8. The van der Waals surface area contributed by atoms with Crippen molar-refractivity contribution in [2.24, 2.45) is 0 Å². The van der Waals surface area contributed by atoms with Crippen molar-refractivity contribution in [2.45, 2.75) is 19.9 Å². The highest BCUT2D eigenvalue weighted by atomic mass is 32.2. The number of rotatable bonds is 5. The number of nitrogens with zero attached hydrogens (tertiary/aromatic N) is 1. The van der Waals surface area contributed by atoms with Gasteiger partial charge in [-0.1, -0.05) is 13.8 Å². The zero-order valence-corrected chi connectivity index (χ0v) is 11.0. The van der Waals surface area contributed by atoms with Gasteiger partial charge in [-0.3, -0.25) is 0 Å². The van der Waals surface area contributed by atoms with Crippen LogP contribution in [0.2, 0.25) is 0 Å². The van der Waals surface area contributed by atoms with Gasteiger partial charge in [0, 0.05) is 37.2 Å². The van der Waals surface area contributed by atoms with Crippen LogP contribution in [0.5, 0.6) is 0 Å². The van der Waals surface area contributed by atoms with E-state index in [9.17, 15) is 8.42 Å². The second-order valence-corrected chi connectivity index (χ2v) is 7.25. The van der Waals surface area contributed by atoms with E-state index in [-0.39, 0.29) is 5.75 Å². The van der Waals surface area contributed by atoms with Gasteiger partial charge in [0.05, 0.1) is 5.75 Å². The van der Waals surface area contributed by atoms with Gasteiger partial charge in [0.2, 0.25) is 10.0 Å². The number of thioether (sulfide) groups is 1. The molecule has 0 bridgehead atoms. The van der Waals surface area contributed by atoms with Crippen LogP contribution in [-0.2, 0) is 10.0 Å². The van der Waals surface area contributed by atoms with Crippen LogP contribution < -0.4 is 5.32 Å². The van der Waals surface area contributed by atoms with E-state index in [2.05, 4.69) is 5.32 Å². The molecule has 0 saturated carbocycles. The van der Waals surface area contributed by atoms with E-state index < -0.39 is 10.0 Å². The molecule has 0 amide bonds. The summed E-state index contributed by atoms with van der Waals surface area (Å²) in [7, 11) is -3.02. The Morgan fingerprint density at radius 3 is 2.47 bits per heavy atom. The molecule has 1 aliphatic rings. The molecule has 0 unspecified atom stereocenters. The molecule has 1 heterocycles. The van der Waals surface area contributed by atoms with Gasteiger partial charge in [-0.05, 0) is 0 Å². The molecule has 6 heteroatoms. The molecule has 0 radical (unpaired) electrons. The van der Waals surface area contributed by atoms with Crippen LogP contribution in [0.4, 0.5) is 0 Å². The Hall–Kier alpha value is 0.220. The van der Waals surface area contributed by atoms with Crippen molar-refractivity contribution in [3.05, 3.63) is 0 Å². The highest BCUT2D eigenvalue weighted by molar-refractivity contribution is 7.99. The normalized spacial score (nSPS) is 19.7. The summed E-state index contributed by atoms with van der Waals surface area (Å²) in [4.78, 5) is 0. The number of sulfonamides is 1. The second-order valence-electron chi connectivity index (χ2n) is 3.94. The van der Waals surface area contributed by atoms with Crippen molar-refractivity contribution < 1.29 is 8.42 Å². The van der Waals surface area contributed by atoms with Gasteiger partial charge in [-0.15, -0.1) is 0 Å². The predicted octanol–water partition coefficient (Wildman–Crippen LogP) is 0.363. The third-order valence-electron chi connectivity index (χ3n) is 2.28. The van der Waals surface area contributed by atoms with Crippen LogP contribution in [-0.4, -0.2) is 55.7 Å². The lowest BCUT2D eigenvalue weighted by molar-refractivity contribution is 0.441. The first-order chi connectivity index (χ1) is 7.02. The largest absolute Gasteiger partial charge is 0.313 e. The molecule has 1 fully saturated rings. The highest BCUT2D eigenvalue weighted by Crippen LogP contribution is 2.12. The fourth-order valence-electron chi connectivity index (χ4n) is 1.43. The molecule has 1 rings (SSSR count). The lowest BCUT2D eigenvalue weighted by atomic mass is 10.4. The van der Waals surface area contributed by atoms with Crippen LogP contribution in [0.25, 0.3) is 0 Å². The molecule has 15 heavy (non-hydrogen) atoms. The van der Waals surface area contributed by atoms with E-state index in [0.29, 0.717) is 25.7 Å². The molecular weight excluding hydrogens is 232 g/mol. The first-order valence-electron chi connectivity index (χ1n) is 5.31. The summed E-state index contributed by atoms with van der Waals surface area (Å²) in [5.41, 5.74) is 0. The zero-order chi connectivity index (χ0) is 11.3. The maximum Gasteiger partial charge on any atom is 0.215 e. The lowest BCUT2D eigenvalue weighted by Crippen LogP contribution is -2.41. The first kappa shape index (κ1) is 13.3. The van der Waals surface area contributed by atoms with Gasteiger partial charge >= 0.3 is 0 Å². The van der Waals surface area contributed by atoms with E-state index >= 15 is 0 Å². The van der Waals surface area contributed by atoms with Crippen molar-refractivity contribution >= 4 is 21.8 Å². The van der Waals surface area contributed by atoms with E-state index in [0.717, 1.165) is 11.5 Å². The van der Waals surface area contributed by atoms with Crippen molar-refractivity contribution in [3.8, 4) is 0 Å². The van der Waals surface area contributed by atoms with Gasteiger partial charge in [0.25, 0.3) is 0 Å². The zero-order valence-electron chi connectivity index (χ0n) is 9.40. The Bertz CT molecular complexity index is 272. The van der Waals surface area contributed by atoms with E-state index in [1.807, 2.05) is 25.6 Å². The molecule has 0 spiro atoms. The molecule has 0 aromatic heterocycles.